The zero-order valence-corrected chi connectivity index (χ0v) is 10.9. The molecule has 100 valence electrons. The SMILES string of the molecule is Cc1nn(CCN2CCNCC2)c(C)c1C(=O)O. The quantitative estimate of drug-likeness (QED) is 0.795. The minimum absolute atomic E-state index is 0.343. The van der Waals surface area contributed by atoms with Crippen molar-refractivity contribution >= 4 is 5.97 Å². The number of hydrogen-bond donors (Lipinski definition) is 2. The summed E-state index contributed by atoms with van der Waals surface area (Å²) < 4.78 is 1.81. The van der Waals surface area contributed by atoms with Crippen molar-refractivity contribution in [3.05, 3.63) is 17.0 Å². The Balaban J connectivity index is 2.01. The van der Waals surface area contributed by atoms with Gasteiger partial charge in [0.05, 0.1) is 17.9 Å². The molecular weight excluding hydrogens is 232 g/mol. The molecule has 2 heterocycles. The summed E-state index contributed by atoms with van der Waals surface area (Å²) in [4.78, 5) is 13.5. The van der Waals surface area contributed by atoms with Crippen LogP contribution in [0.3, 0.4) is 0 Å². The lowest BCUT2D eigenvalue weighted by Gasteiger charge is -2.27. The van der Waals surface area contributed by atoms with Gasteiger partial charge in [-0.05, 0) is 13.8 Å². The molecule has 0 saturated carbocycles. The van der Waals surface area contributed by atoms with Crippen LogP contribution in [0.25, 0.3) is 0 Å². The van der Waals surface area contributed by atoms with Crippen LogP contribution in [0.2, 0.25) is 0 Å². The van der Waals surface area contributed by atoms with E-state index in [0.29, 0.717) is 11.3 Å². The third-order valence-corrected chi connectivity index (χ3v) is 3.43. The molecule has 1 aromatic rings. The Labute approximate surface area is 107 Å². The van der Waals surface area contributed by atoms with Gasteiger partial charge in [-0.25, -0.2) is 4.79 Å². The first-order valence-corrected chi connectivity index (χ1v) is 6.30. The summed E-state index contributed by atoms with van der Waals surface area (Å²) in [6, 6.07) is 0. The first-order valence-electron chi connectivity index (χ1n) is 6.30. The summed E-state index contributed by atoms with van der Waals surface area (Å²) in [5.41, 5.74) is 1.69. The van der Waals surface area contributed by atoms with E-state index >= 15 is 0 Å². The number of carboxylic acids is 1. The van der Waals surface area contributed by atoms with Crippen molar-refractivity contribution in [2.45, 2.75) is 20.4 Å². The van der Waals surface area contributed by atoms with Crippen LogP contribution < -0.4 is 5.32 Å². The van der Waals surface area contributed by atoms with Crippen LogP contribution >= 0.6 is 0 Å². The molecule has 18 heavy (non-hydrogen) atoms. The van der Waals surface area contributed by atoms with E-state index in [0.717, 1.165) is 45.0 Å². The summed E-state index contributed by atoms with van der Waals surface area (Å²) >= 11 is 0. The second-order valence-corrected chi connectivity index (χ2v) is 4.67. The molecule has 6 heteroatoms. The van der Waals surface area contributed by atoms with Crippen molar-refractivity contribution in [3.8, 4) is 0 Å². The second kappa shape index (κ2) is 5.49. The molecule has 1 aliphatic heterocycles. The van der Waals surface area contributed by atoms with E-state index in [1.807, 2.05) is 6.92 Å². The Hall–Kier alpha value is -1.40. The highest BCUT2D eigenvalue weighted by Gasteiger charge is 2.18. The van der Waals surface area contributed by atoms with Gasteiger partial charge in [-0.2, -0.15) is 5.10 Å². The number of aryl methyl sites for hydroxylation is 1. The number of carboxylic acid groups (broad SMARTS) is 1. The van der Waals surface area contributed by atoms with Crippen molar-refractivity contribution in [2.24, 2.45) is 0 Å². The van der Waals surface area contributed by atoms with Crippen LogP contribution in [0.1, 0.15) is 21.7 Å². The summed E-state index contributed by atoms with van der Waals surface area (Å²) in [6.07, 6.45) is 0. The van der Waals surface area contributed by atoms with Gasteiger partial charge in [0.1, 0.15) is 5.56 Å². The number of rotatable bonds is 4. The lowest BCUT2D eigenvalue weighted by atomic mass is 10.2. The summed E-state index contributed by atoms with van der Waals surface area (Å²) in [6.45, 7) is 9.38. The van der Waals surface area contributed by atoms with Gasteiger partial charge in [-0.1, -0.05) is 0 Å². The first-order chi connectivity index (χ1) is 8.59. The van der Waals surface area contributed by atoms with Gasteiger partial charge in [0, 0.05) is 32.7 Å². The fourth-order valence-electron chi connectivity index (χ4n) is 2.40. The van der Waals surface area contributed by atoms with E-state index in [9.17, 15) is 4.79 Å². The predicted octanol–water partition coefficient (Wildman–Crippen LogP) is 0.103. The molecule has 1 fully saturated rings. The molecule has 2 rings (SSSR count). The van der Waals surface area contributed by atoms with Crippen LogP contribution in [0, 0.1) is 13.8 Å². The molecule has 6 nitrogen and oxygen atoms in total. The minimum atomic E-state index is -0.890. The van der Waals surface area contributed by atoms with Crippen molar-refractivity contribution < 1.29 is 9.90 Å². The second-order valence-electron chi connectivity index (χ2n) is 4.67. The van der Waals surface area contributed by atoms with Gasteiger partial charge < -0.3 is 10.4 Å². The molecule has 0 aliphatic carbocycles. The molecule has 0 spiro atoms. The zero-order valence-electron chi connectivity index (χ0n) is 10.9. The molecule has 0 radical (unpaired) electrons. The highest BCUT2D eigenvalue weighted by molar-refractivity contribution is 5.90. The van der Waals surface area contributed by atoms with Crippen LogP contribution in [0.4, 0.5) is 0 Å². The van der Waals surface area contributed by atoms with E-state index < -0.39 is 5.97 Å². The number of hydrogen-bond acceptors (Lipinski definition) is 4. The topological polar surface area (TPSA) is 70.4 Å². The lowest BCUT2D eigenvalue weighted by molar-refractivity contribution is 0.0695. The Morgan fingerprint density at radius 1 is 1.33 bits per heavy atom. The number of carbonyl (C=O) groups is 1. The third kappa shape index (κ3) is 2.70. The van der Waals surface area contributed by atoms with Gasteiger partial charge in [0.2, 0.25) is 0 Å². The number of aromatic carboxylic acids is 1. The number of piperazine rings is 1. The highest BCUT2D eigenvalue weighted by Crippen LogP contribution is 2.12. The van der Waals surface area contributed by atoms with E-state index in [1.54, 1.807) is 11.6 Å². The monoisotopic (exact) mass is 252 g/mol. The first kappa shape index (κ1) is 13.0. The fourth-order valence-corrected chi connectivity index (χ4v) is 2.40. The molecule has 2 N–H and O–H groups in total. The van der Waals surface area contributed by atoms with E-state index in [4.69, 9.17) is 5.11 Å². The van der Waals surface area contributed by atoms with Crippen LogP contribution in [0.5, 0.6) is 0 Å². The molecule has 0 atom stereocenters. The number of nitrogens with zero attached hydrogens (tertiary/aromatic N) is 3. The van der Waals surface area contributed by atoms with Gasteiger partial charge in [-0.3, -0.25) is 9.58 Å². The maximum atomic E-state index is 11.1. The summed E-state index contributed by atoms with van der Waals surface area (Å²) in [5.74, 6) is -0.890. The van der Waals surface area contributed by atoms with Gasteiger partial charge in [0.15, 0.2) is 0 Å². The maximum absolute atomic E-state index is 11.1. The Bertz CT molecular complexity index is 436. The molecule has 1 aromatic heterocycles. The van der Waals surface area contributed by atoms with Crippen molar-refractivity contribution in [2.75, 3.05) is 32.7 Å². The molecular formula is C12H20N4O2. The standard InChI is InChI=1S/C12H20N4O2/c1-9-11(12(17)18)10(2)16(14-9)8-7-15-5-3-13-4-6-15/h13H,3-8H2,1-2H3,(H,17,18). The van der Waals surface area contributed by atoms with Crippen LogP contribution in [0.15, 0.2) is 0 Å². The Morgan fingerprint density at radius 2 is 2.00 bits per heavy atom. The van der Waals surface area contributed by atoms with Crippen molar-refractivity contribution in [1.82, 2.24) is 20.0 Å². The molecule has 0 aromatic carbocycles. The fraction of sp³-hybridized carbons (Fsp3) is 0.667. The van der Waals surface area contributed by atoms with Gasteiger partial charge in [0.25, 0.3) is 0 Å². The summed E-state index contributed by atoms with van der Waals surface area (Å²) in [7, 11) is 0. The lowest BCUT2D eigenvalue weighted by Crippen LogP contribution is -2.44. The largest absolute Gasteiger partial charge is 0.478 e. The van der Waals surface area contributed by atoms with E-state index in [-0.39, 0.29) is 0 Å². The normalized spacial score (nSPS) is 17.0. The summed E-state index contributed by atoms with van der Waals surface area (Å²) in [5, 5.41) is 16.7. The predicted molar refractivity (Wildman–Crippen MR) is 68.0 cm³/mol. The maximum Gasteiger partial charge on any atom is 0.339 e. The van der Waals surface area contributed by atoms with E-state index in [2.05, 4.69) is 15.3 Å². The Kier molecular flexibility index (Phi) is 3.98. The third-order valence-electron chi connectivity index (χ3n) is 3.43. The van der Waals surface area contributed by atoms with Crippen LogP contribution in [-0.2, 0) is 6.54 Å². The van der Waals surface area contributed by atoms with Gasteiger partial charge in [-0.15, -0.1) is 0 Å². The average molecular weight is 252 g/mol. The number of nitrogens with one attached hydrogen (secondary N) is 1. The van der Waals surface area contributed by atoms with Crippen molar-refractivity contribution in [3.63, 3.8) is 0 Å². The molecule has 0 unspecified atom stereocenters. The highest BCUT2D eigenvalue weighted by atomic mass is 16.4. The molecule has 0 amide bonds. The number of aromatic nitrogens is 2. The zero-order chi connectivity index (χ0) is 13.1. The van der Waals surface area contributed by atoms with Crippen molar-refractivity contribution in [1.29, 1.82) is 0 Å². The minimum Gasteiger partial charge on any atom is -0.478 e. The average Bonchev–Trinajstić information content (AvgIpc) is 2.63. The molecule has 0 bridgehead atoms. The van der Waals surface area contributed by atoms with E-state index in [1.165, 1.54) is 0 Å². The Morgan fingerprint density at radius 3 is 2.56 bits per heavy atom. The van der Waals surface area contributed by atoms with Gasteiger partial charge >= 0.3 is 5.97 Å². The molecule has 1 aliphatic rings. The van der Waals surface area contributed by atoms with Crippen LogP contribution in [-0.4, -0.2) is 58.5 Å². The smallest absolute Gasteiger partial charge is 0.339 e. The molecule has 1 saturated heterocycles.